The summed E-state index contributed by atoms with van der Waals surface area (Å²) in [6, 6.07) is 11.2. The van der Waals surface area contributed by atoms with Gasteiger partial charge < -0.3 is 19.2 Å². The Morgan fingerprint density at radius 3 is 2.65 bits per heavy atom. The maximum absolute atomic E-state index is 12.4. The molecule has 0 spiro atoms. The van der Waals surface area contributed by atoms with E-state index in [1.54, 1.807) is 6.07 Å². The monoisotopic (exact) mass is 355 g/mol. The highest BCUT2D eigenvalue weighted by Crippen LogP contribution is 2.36. The number of esters is 1. The molecule has 6 heteroatoms. The molecule has 1 N–H and O–H groups in total. The van der Waals surface area contributed by atoms with Gasteiger partial charge in [0.15, 0.2) is 6.10 Å². The van der Waals surface area contributed by atoms with Crippen LogP contribution in [0, 0.1) is 0 Å². The number of amides is 1. The average Bonchev–Trinajstić information content (AvgIpc) is 2.98. The first-order valence-corrected chi connectivity index (χ1v) is 8.53. The van der Waals surface area contributed by atoms with Crippen LogP contribution in [0.25, 0.3) is 21.9 Å². The van der Waals surface area contributed by atoms with Gasteiger partial charge in [0.2, 0.25) is 0 Å². The lowest BCUT2D eigenvalue weighted by molar-refractivity contribution is -0.153. The molecule has 0 saturated carbocycles. The van der Waals surface area contributed by atoms with Crippen LogP contribution in [0.4, 0.5) is 5.69 Å². The second-order valence-electron chi connectivity index (χ2n) is 6.02. The lowest BCUT2D eigenvalue weighted by atomic mass is 10.1. The molecule has 0 aliphatic heterocycles. The molecule has 1 aromatic heterocycles. The first-order valence-electron chi connectivity index (χ1n) is 8.53. The Balaban J connectivity index is 1.88. The van der Waals surface area contributed by atoms with Crippen LogP contribution in [0.15, 0.2) is 40.8 Å². The molecule has 0 aliphatic rings. The third-order valence-electron chi connectivity index (χ3n) is 4.09. The minimum atomic E-state index is -0.898. The molecule has 1 atom stereocenters. The van der Waals surface area contributed by atoms with Crippen LogP contribution in [0.5, 0.6) is 5.75 Å². The number of carbonyl (C=O) groups is 2. The fourth-order valence-corrected chi connectivity index (χ4v) is 2.77. The average molecular weight is 355 g/mol. The summed E-state index contributed by atoms with van der Waals surface area (Å²) in [6.45, 7) is 3.41. The van der Waals surface area contributed by atoms with Crippen LogP contribution in [0.3, 0.4) is 0 Å². The zero-order valence-corrected chi connectivity index (χ0v) is 15.0. The Hall–Kier alpha value is -3.02. The summed E-state index contributed by atoms with van der Waals surface area (Å²) in [5, 5.41) is 4.62. The van der Waals surface area contributed by atoms with E-state index in [2.05, 4.69) is 5.32 Å². The van der Waals surface area contributed by atoms with Crippen LogP contribution in [0.1, 0.15) is 26.7 Å². The topological polar surface area (TPSA) is 77.8 Å². The molecule has 1 amide bonds. The minimum Gasteiger partial charge on any atom is -0.495 e. The number of furan rings is 1. The van der Waals surface area contributed by atoms with E-state index < -0.39 is 18.0 Å². The zero-order valence-electron chi connectivity index (χ0n) is 15.0. The van der Waals surface area contributed by atoms with E-state index in [1.165, 1.54) is 14.0 Å². The molecule has 1 heterocycles. The molecule has 0 bridgehead atoms. The molecular formula is C20H21NO5. The molecule has 3 aromatic rings. The molecule has 1 unspecified atom stereocenters. The molecule has 0 fully saturated rings. The smallest absolute Gasteiger partial charge is 0.306 e. The Labute approximate surface area is 151 Å². The van der Waals surface area contributed by atoms with Gasteiger partial charge in [0.1, 0.15) is 16.9 Å². The second kappa shape index (κ2) is 7.47. The van der Waals surface area contributed by atoms with Crippen molar-refractivity contribution in [3.8, 4) is 5.75 Å². The quantitative estimate of drug-likeness (QED) is 0.668. The Morgan fingerprint density at radius 2 is 1.92 bits per heavy atom. The molecule has 6 nitrogen and oxygen atoms in total. The molecule has 3 rings (SSSR count). The van der Waals surface area contributed by atoms with Gasteiger partial charge >= 0.3 is 5.97 Å². The molecule has 26 heavy (non-hydrogen) atoms. The third kappa shape index (κ3) is 3.49. The lowest BCUT2D eigenvalue weighted by Crippen LogP contribution is -2.30. The van der Waals surface area contributed by atoms with Crippen molar-refractivity contribution in [2.45, 2.75) is 32.8 Å². The predicted octanol–water partition coefficient (Wildman–Crippen LogP) is 4.26. The van der Waals surface area contributed by atoms with E-state index in [0.717, 1.165) is 16.4 Å². The number of hydrogen-bond donors (Lipinski definition) is 1. The summed E-state index contributed by atoms with van der Waals surface area (Å²) in [5.41, 5.74) is 1.86. The number of fused-ring (bicyclic) bond motifs is 3. The van der Waals surface area contributed by atoms with Crippen LogP contribution >= 0.6 is 0 Å². The summed E-state index contributed by atoms with van der Waals surface area (Å²) < 4.78 is 16.4. The van der Waals surface area contributed by atoms with Gasteiger partial charge in [-0.25, -0.2) is 0 Å². The van der Waals surface area contributed by atoms with E-state index in [0.29, 0.717) is 23.4 Å². The first-order chi connectivity index (χ1) is 12.5. The van der Waals surface area contributed by atoms with Crippen molar-refractivity contribution >= 4 is 39.5 Å². The maximum Gasteiger partial charge on any atom is 0.306 e. The normalized spacial score (nSPS) is 12.1. The zero-order chi connectivity index (χ0) is 18.7. The van der Waals surface area contributed by atoms with Gasteiger partial charge in [0.25, 0.3) is 5.91 Å². The van der Waals surface area contributed by atoms with Crippen LogP contribution in [-0.4, -0.2) is 25.1 Å². The number of benzene rings is 2. The number of anilines is 1. The van der Waals surface area contributed by atoms with Crippen molar-refractivity contribution in [1.29, 1.82) is 0 Å². The van der Waals surface area contributed by atoms with Gasteiger partial charge in [-0.15, -0.1) is 0 Å². The minimum absolute atomic E-state index is 0.284. The molecule has 0 radical (unpaired) electrons. The van der Waals surface area contributed by atoms with Crippen LogP contribution < -0.4 is 10.1 Å². The van der Waals surface area contributed by atoms with E-state index in [1.807, 2.05) is 37.3 Å². The predicted molar refractivity (Wildman–Crippen MR) is 99.4 cm³/mol. The molecule has 0 saturated heterocycles. The fraction of sp³-hybridized carbons (Fsp3) is 0.300. The third-order valence-corrected chi connectivity index (χ3v) is 4.09. The standard InChI is InChI=1S/C20H21NO5/c1-4-7-19(22)25-12(2)20(23)21-15-11-17-14(10-18(15)24-3)13-8-5-6-9-16(13)26-17/h5-6,8-12H,4,7H2,1-3H3,(H,21,23). The number of para-hydroxylation sites is 1. The van der Waals surface area contributed by atoms with Gasteiger partial charge in [-0.3, -0.25) is 9.59 Å². The number of ether oxygens (including phenoxy) is 2. The summed E-state index contributed by atoms with van der Waals surface area (Å²) in [7, 11) is 1.53. The summed E-state index contributed by atoms with van der Waals surface area (Å²) >= 11 is 0. The summed E-state index contributed by atoms with van der Waals surface area (Å²) in [6.07, 6.45) is 0.0559. The van der Waals surface area contributed by atoms with Crippen molar-refractivity contribution in [2.24, 2.45) is 0 Å². The van der Waals surface area contributed by atoms with Crippen molar-refractivity contribution in [3.05, 3.63) is 36.4 Å². The van der Waals surface area contributed by atoms with Crippen molar-refractivity contribution < 1.29 is 23.5 Å². The number of rotatable bonds is 6. The van der Waals surface area contributed by atoms with Gasteiger partial charge in [-0.2, -0.15) is 0 Å². The van der Waals surface area contributed by atoms with Gasteiger partial charge in [0.05, 0.1) is 12.8 Å². The largest absolute Gasteiger partial charge is 0.495 e. The number of nitrogens with one attached hydrogen (secondary N) is 1. The fourth-order valence-electron chi connectivity index (χ4n) is 2.77. The van der Waals surface area contributed by atoms with Gasteiger partial charge in [-0.05, 0) is 25.5 Å². The Morgan fingerprint density at radius 1 is 1.15 bits per heavy atom. The molecule has 0 aliphatic carbocycles. The lowest BCUT2D eigenvalue weighted by Gasteiger charge is -2.15. The highest BCUT2D eigenvalue weighted by atomic mass is 16.5. The van der Waals surface area contributed by atoms with Gasteiger partial charge in [0, 0.05) is 23.3 Å². The maximum atomic E-state index is 12.4. The van der Waals surface area contributed by atoms with Crippen LogP contribution in [-0.2, 0) is 14.3 Å². The summed E-state index contributed by atoms with van der Waals surface area (Å²) in [4.78, 5) is 23.9. The number of carbonyl (C=O) groups excluding carboxylic acids is 2. The first kappa shape index (κ1) is 17.8. The van der Waals surface area contributed by atoms with Crippen molar-refractivity contribution in [3.63, 3.8) is 0 Å². The highest BCUT2D eigenvalue weighted by Gasteiger charge is 2.20. The number of methoxy groups -OCH3 is 1. The Bertz CT molecular complexity index is 959. The molecular weight excluding hydrogens is 334 g/mol. The van der Waals surface area contributed by atoms with E-state index in [4.69, 9.17) is 13.9 Å². The van der Waals surface area contributed by atoms with E-state index >= 15 is 0 Å². The van der Waals surface area contributed by atoms with Crippen molar-refractivity contribution in [1.82, 2.24) is 0 Å². The van der Waals surface area contributed by atoms with E-state index in [9.17, 15) is 9.59 Å². The SMILES string of the molecule is CCCC(=O)OC(C)C(=O)Nc1cc2oc3ccccc3c2cc1OC. The molecule has 136 valence electrons. The molecule has 2 aromatic carbocycles. The van der Waals surface area contributed by atoms with Crippen LogP contribution in [0.2, 0.25) is 0 Å². The Kier molecular flexibility index (Phi) is 5.11. The van der Waals surface area contributed by atoms with Crippen molar-refractivity contribution in [2.75, 3.05) is 12.4 Å². The number of hydrogen-bond acceptors (Lipinski definition) is 5. The highest BCUT2D eigenvalue weighted by molar-refractivity contribution is 6.08. The van der Waals surface area contributed by atoms with E-state index in [-0.39, 0.29) is 6.42 Å². The second-order valence-corrected chi connectivity index (χ2v) is 6.02. The van der Waals surface area contributed by atoms with Gasteiger partial charge in [-0.1, -0.05) is 25.1 Å². The summed E-state index contributed by atoms with van der Waals surface area (Å²) in [5.74, 6) is -0.317.